The molecule has 546 valence electrons. The molecule has 5 aliphatic rings. The van der Waals surface area contributed by atoms with Crippen molar-refractivity contribution in [1.82, 2.24) is 9.97 Å². The van der Waals surface area contributed by atoms with Crippen molar-refractivity contribution < 1.29 is 57.6 Å². The number of phenols is 2. The number of para-hydroxylation sites is 1. The molecule has 7 heterocycles. The Morgan fingerprint density at radius 3 is 1.28 bits per heavy atom. The van der Waals surface area contributed by atoms with E-state index in [1.807, 2.05) is 84.9 Å². The number of ether oxygens (including phenoxy) is 3. The zero-order valence-corrected chi connectivity index (χ0v) is 71.8. The van der Waals surface area contributed by atoms with Gasteiger partial charge in [-0.2, -0.15) is 0 Å². The lowest BCUT2D eigenvalue weighted by molar-refractivity contribution is -0.132. The predicted octanol–water partition coefficient (Wildman–Crippen LogP) is 22.5. The van der Waals surface area contributed by atoms with Gasteiger partial charge < -0.3 is 51.0 Å². The van der Waals surface area contributed by atoms with Crippen molar-refractivity contribution in [3.05, 3.63) is 298 Å². The lowest BCUT2D eigenvalue weighted by Crippen LogP contribution is -2.24. The van der Waals surface area contributed by atoms with Gasteiger partial charge in [0.25, 0.3) is 29.5 Å². The van der Waals surface area contributed by atoms with Gasteiger partial charge >= 0.3 is 5.97 Å². The van der Waals surface area contributed by atoms with Crippen molar-refractivity contribution in [2.45, 2.75) is 26.2 Å². The number of pyridine rings is 2. The number of rotatable bonds is 6. The van der Waals surface area contributed by atoms with E-state index in [2.05, 4.69) is 196 Å². The summed E-state index contributed by atoms with van der Waals surface area (Å²) < 4.78 is 36.6. The van der Waals surface area contributed by atoms with Crippen LogP contribution in [0.3, 0.4) is 0 Å². The van der Waals surface area contributed by atoms with Crippen LogP contribution in [-0.2, 0) is 48.0 Å². The normalized spacial score (nSPS) is 15.4. The molecule has 15 rings (SSSR count). The Labute approximate surface area is 705 Å². The first-order chi connectivity index (χ1) is 51.5. The third-order valence-electron chi connectivity index (χ3n) is 15.5. The Morgan fingerprint density at radius 2 is 0.824 bits per heavy atom. The molecule has 7 N–H and O–H groups in total. The zero-order chi connectivity index (χ0) is 77.2. The molecule has 0 unspecified atom stereocenters. The van der Waals surface area contributed by atoms with Gasteiger partial charge in [0, 0.05) is 95.3 Å². The summed E-state index contributed by atoms with van der Waals surface area (Å²) in [6.45, 7) is 1.32. The molecule has 0 fully saturated rings. The Hall–Kier alpha value is -8.20. The fraction of sp³-hybridized carbons (Fsp3) is 0.0513. The number of hydrogen-bond acceptors (Lipinski definition) is 13. The van der Waals surface area contributed by atoms with Gasteiger partial charge in [0.15, 0.2) is 40.4 Å². The number of carbonyl (C=O) groups excluding carboxylic acids is 6. The fourth-order valence-corrected chi connectivity index (χ4v) is 17.4. The molecular formula is C78H49Br10ClFN7O11. The number of hydrogen-bond donors (Lipinski definition) is 7. The number of aromatic hydroxyl groups is 2. The van der Waals surface area contributed by atoms with E-state index in [4.69, 9.17) is 25.8 Å². The number of esters is 1. The quantitative estimate of drug-likeness (QED) is 0.0465. The summed E-state index contributed by atoms with van der Waals surface area (Å²) in [5.41, 5.74) is 11.5. The first-order valence-corrected chi connectivity index (χ1v) is 39.8. The average Bonchev–Trinajstić information content (AvgIpc) is 0.829. The first kappa shape index (κ1) is 80.8. The first-order valence-electron chi connectivity index (χ1n) is 31.5. The maximum Gasteiger partial charge on any atom is 0.308 e. The van der Waals surface area contributed by atoms with E-state index in [0.29, 0.717) is 102 Å². The summed E-state index contributed by atoms with van der Waals surface area (Å²) in [7, 11) is 0. The minimum absolute atomic E-state index is 0.0280. The van der Waals surface area contributed by atoms with E-state index in [-0.39, 0.29) is 52.5 Å². The molecule has 18 nitrogen and oxygen atoms in total. The number of amides is 5. The second kappa shape index (κ2) is 36.5. The van der Waals surface area contributed by atoms with Gasteiger partial charge in [0.05, 0.1) is 26.8 Å². The maximum atomic E-state index is 13.2. The average molecular weight is 2110 g/mol. The number of benzene rings is 8. The number of nitrogens with zero attached hydrogens (tertiary/aromatic N) is 2. The van der Waals surface area contributed by atoms with Crippen LogP contribution in [0, 0.1) is 5.82 Å². The van der Waals surface area contributed by atoms with Crippen LogP contribution in [0.1, 0.15) is 51.4 Å². The highest BCUT2D eigenvalue weighted by Crippen LogP contribution is 2.40. The number of phenolic OH excluding ortho intramolecular Hbond substituents is 2. The summed E-state index contributed by atoms with van der Waals surface area (Å²) in [5.74, 6) is 0.676. The summed E-state index contributed by atoms with van der Waals surface area (Å²) >= 11 is 39.5. The summed E-state index contributed by atoms with van der Waals surface area (Å²) in [5, 5.41) is 33.9. The summed E-state index contributed by atoms with van der Waals surface area (Å²) in [4.78, 5) is 79.7. The predicted molar refractivity (Wildman–Crippen MR) is 452 cm³/mol. The number of anilines is 5. The molecule has 0 atom stereocenters. The van der Waals surface area contributed by atoms with Gasteiger partial charge in [-0.15, -0.1) is 0 Å². The number of fused-ring (bicyclic) bond motifs is 5. The number of carbonyl (C=O) groups is 6. The summed E-state index contributed by atoms with van der Waals surface area (Å²) in [6.07, 6.45) is 13.5. The molecular weight excluding hydrogens is 2060 g/mol. The third-order valence-corrected chi connectivity index (χ3v) is 21.2. The molecule has 108 heavy (non-hydrogen) atoms. The SMILES string of the molecule is CC(=O)Oc1c(Br)cc(/C=C2\Oc3cccnc3NC2=O)cc1Br.O=C1Nc2cc(F)ccc2C/C1=C\c1cc(Br)c(O)c(Br)c1.O=C1Nc2ccc(Cl)cc2C/C1=C\c1cc(Br)cc(Br)c1.O=C1Nc2ccccc2C/C1=C\c1cc(Br)cc(Br)c1.O=C1Nc2ncccc2O/C1=C\c1cc(Br)c(O)c(Br)c1. The van der Waals surface area contributed by atoms with Crippen LogP contribution in [0.15, 0.2) is 243 Å². The highest BCUT2D eigenvalue weighted by molar-refractivity contribution is 9.12. The molecule has 0 aliphatic carbocycles. The van der Waals surface area contributed by atoms with Gasteiger partial charge in [-0.3, -0.25) is 28.8 Å². The van der Waals surface area contributed by atoms with Gasteiger partial charge in [0.2, 0.25) is 0 Å². The molecule has 0 spiro atoms. The van der Waals surface area contributed by atoms with Crippen molar-refractivity contribution in [1.29, 1.82) is 0 Å². The van der Waals surface area contributed by atoms with Gasteiger partial charge in [-0.05, 0) is 304 Å². The van der Waals surface area contributed by atoms with Crippen LogP contribution >= 0.6 is 171 Å². The minimum Gasteiger partial charge on any atom is -0.506 e. The Morgan fingerprint density at radius 1 is 0.435 bits per heavy atom. The van der Waals surface area contributed by atoms with Crippen LogP contribution in [0.2, 0.25) is 5.02 Å². The molecule has 0 radical (unpaired) electrons. The Balaban J connectivity index is 0.000000134. The van der Waals surface area contributed by atoms with Gasteiger partial charge in [-0.1, -0.05) is 99.6 Å². The standard InChI is InChI=1S/C16H10Br2ClNO.C16H10Br2FNO2.C16H10Br2N2O4.C16H11Br2NO.C14H8Br2N2O3/c17-12-4-9(5-13(18)8-12)3-11-6-10-7-14(19)1-2-15(10)20-16(11)21;17-12-4-8(5-13(18)15(12)21)3-10-6-9-1-2-11(19)7-14(9)20-16(10)22;1-8(21)23-14-10(17)5-9(6-11(14)18)7-13-16(22)20-15-12(24-13)3-2-4-19-15;17-13-6-10(7-14(18)9-13)5-12-8-11-3-1-2-4-15(11)19-16(12)20;15-8-4-7(5-9(16)12(8)19)6-11-14(20)18-13-10(21-11)2-1-3-17-13/h1-5,7-8H,6H2,(H,20,21);1-5,7,21H,6H2,(H,20,22);2-7H,1H3,(H,19,20,22);1-7,9H,8H2,(H,19,20);1-6,19H,(H,17,18,20)/b11-3+;10-3+;13-7-;12-5+;11-6-. The van der Waals surface area contributed by atoms with Crippen LogP contribution in [-0.4, -0.2) is 55.7 Å². The van der Waals surface area contributed by atoms with Crippen molar-refractivity contribution in [3.63, 3.8) is 0 Å². The largest absolute Gasteiger partial charge is 0.506 e. The number of aromatic nitrogens is 2. The van der Waals surface area contributed by atoms with E-state index in [1.54, 1.807) is 103 Å². The topological polar surface area (TPSA) is 256 Å². The molecule has 0 saturated carbocycles. The Kier molecular flexibility index (Phi) is 27.3. The number of halogens is 12. The molecule has 8 aromatic carbocycles. The fourth-order valence-electron chi connectivity index (χ4n) is 10.7. The van der Waals surface area contributed by atoms with Gasteiger partial charge in [0.1, 0.15) is 17.3 Å². The van der Waals surface area contributed by atoms with Crippen LogP contribution < -0.4 is 40.8 Å². The van der Waals surface area contributed by atoms with Crippen LogP contribution in [0.25, 0.3) is 30.4 Å². The van der Waals surface area contributed by atoms with Crippen LogP contribution in [0.4, 0.5) is 33.1 Å². The highest BCUT2D eigenvalue weighted by Gasteiger charge is 2.27. The lowest BCUT2D eigenvalue weighted by atomic mass is 9.96. The maximum absolute atomic E-state index is 13.2. The van der Waals surface area contributed by atoms with Crippen molar-refractivity contribution in [3.8, 4) is 28.7 Å². The molecule has 2 aromatic heterocycles. The van der Waals surface area contributed by atoms with E-state index < -0.39 is 11.9 Å². The molecule has 10 aromatic rings. The smallest absolute Gasteiger partial charge is 0.308 e. The van der Waals surface area contributed by atoms with E-state index in [9.17, 15) is 43.4 Å². The summed E-state index contributed by atoms with van der Waals surface area (Å²) in [6, 6.07) is 46.7. The second-order valence-corrected chi connectivity index (χ2v) is 32.7. The molecule has 5 aliphatic heterocycles. The highest BCUT2D eigenvalue weighted by atomic mass is 79.9. The molecule has 30 heteroatoms. The lowest BCUT2D eigenvalue weighted by Gasteiger charge is -2.19. The van der Waals surface area contributed by atoms with Crippen molar-refractivity contribution in [2.24, 2.45) is 0 Å². The molecule has 0 saturated heterocycles. The minimum atomic E-state index is -0.429. The molecule has 5 amide bonds. The van der Waals surface area contributed by atoms with Crippen molar-refractivity contribution in [2.75, 3.05) is 26.6 Å². The Bertz CT molecular complexity index is 5420. The van der Waals surface area contributed by atoms with Crippen molar-refractivity contribution >= 4 is 265 Å². The van der Waals surface area contributed by atoms with E-state index >= 15 is 0 Å². The van der Waals surface area contributed by atoms with Gasteiger partial charge in [-0.25, -0.2) is 14.4 Å². The monoisotopic (exact) mass is 2100 g/mol. The second-order valence-electron chi connectivity index (χ2n) is 23.5. The van der Waals surface area contributed by atoms with E-state index in [1.165, 1.54) is 19.1 Å². The van der Waals surface area contributed by atoms with Crippen LogP contribution in [0.5, 0.6) is 28.7 Å². The van der Waals surface area contributed by atoms with E-state index in [0.717, 1.165) is 73.8 Å². The third kappa shape index (κ3) is 21.4. The zero-order valence-electron chi connectivity index (χ0n) is 55.2. The molecule has 0 bridgehead atoms. The number of nitrogens with one attached hydrogen (secondary N) is 5.